The molecule has 3 aliphatic rings. The third-order valence-electron chi connectivity index (χ3n) is 7.62. The molecule has 3 rings (SSSR count). The van der Waals surface area contributed by atoms with Crippen LogP contribution in [0.15, 0.2) is 11.8 Å². The van der Waals surface area contributed by atoms with Crippen molar-refractivity contribution >= 4 is 5.97 Å². The molecule has 0 aromatic rings. The number of carbonyl (C=O) groups is 1. The zero-order valence-corrected chi connectivity index (χ0v) is 18.0. The van der Waals surface area contributed by atoms with E-state index >= 15 is 0 Å². The molecule has 0 aromatic heterocycles. The van der Waals surface area contributed by atoms with Gasteiger partial charge in [-0.3, -0.25) is 4.90 Å². The Bertz CT molecular complexity index is 584. The molecule has 4 unspecified atom stereocenters. The number of nitrogens with zero attached hydrogens (tertiary/aromatic N) is 1. The van der Waals surface area contributed by atoms with Gasteiger partial charge in [-0.05, 0) is 43.9 Å². The number of aliphatic hydroxyl groups excluding tert-OH is 2. The van der Waals surface area contributed by atoms with E-state index in [2.05, 4.69) is 17.1 Å². The van der Waals surface area contributed by atoms with Crippen LogP contribution in [0.3, 0.4) is 0 Å². The van der Waals surface area contributed by atoms with Gasteiger partial charge >= 0.3 is 5.97 Å². The SMILES string of the molecule is CC[C@@H]1CN2CC[C@H](NC3CCCC(OC)C3CO)C2C[C@@H]1/C(=C\O)C(=O)OC. The lowest BCUT2D eigenvalue weighted by Crippen LogP contribution is -2.56. The minimum atomic E-state index is -0.428. The van der Waals surface area contributed by atoms with Crippen LogP contribution in [0.2, 0.25) is 0 Å². The van der Waals surface area contributed by atoms with E-state index in [9.17, 15) is 15.0 Å². The summed E-state index contributed by atoms with van der Waals surface area (Å²) in [5.41, 5.74) is 0.398. The molecule has 7 nitrogen and oxygen atoms in total. The average molecular weight is 411 g/mol. The minimum absolute atomic E-state index is 0.00724. The topological polar surface area (TPSA) is 91.3 Å². The van der Waals surface area contributed by atoms with Gasteiger partial charge in [-0.25, -0.2) is 4.79 Å². The molecule has 1 saturated carbocycles. The molecule has 7 atom stereocenters. The largest absolute Gasteiger partial charge is 0.515 e. The van der Waals surface area contributed by atoms with Gasteiger partial charge in [0.1, 0.15) is 0 Å². The van der Waals surface area contributed by atoms with Crippen LogP contribution in [0.1, 0.15) is 45.4 Å². The van der Waals surface area contributed by atoms with E-state index in [4.69, 9.17) is 9.47 Å². The summed E-state index contributed by atoms with van der Waals surface area (Å²) in [6.07, 6.45) is 7.09. The van der Waals surface area contributed by atoms with E-state index in [1.807, 2.05) is 0 Å². The number of esters is 1. The molecule has 166 valence electrons. The van der Waals surface area contributed by atoms with Crippen LogP contribution in [0.25, 0.3) is 0 Å². The Morgan fingerprint density at radius 1 is 1.24 bits per heavy atom. The first-order valence-electron chi connectivity index (χ1n) is 11.1. The number of hydrogen-bond donors (Lipinski definition) is 3. The van der Waals surface area contributed by atoms with Crippen molar-refractivity contribution in [1.82, 2.24) is 10.2 Å². The monoisotopic (exact) mass is 410 g/mol. The fourth-order valence-corrected chi connectivity index (χ4v) is 5.99. The quantitative estimate of drug-likeness (QED) is 0.335. The Balaban J connectivity index is 1.73. The maximum absolute atomic E-state index is 12.2. The first-order chi connectivity index (χ1) is 14.1. The maximum atomic E-state index is 12.2. The Hall–Kier alpha value is -1.15. The van der Waals surface area contributed by atoms with Crippen LogP contribution in [0, 0.1) is 17.8 Å². The number of ether oxygens (including phenoxy) is 2. The summed E-state index contributed by atoms with van der Waals surface area (Å²) in [5.74, 6) is 0.0315. The molecule has 0 aromatic carbocycles. The van der Waals surface area contributed by atoms with Crippen LogP contribution >= 0.6 is 0 Å². The summed E-state index contributed by atoms with van der Waals surface area (Å²) in [4.78, 5) is 14.8. The van der Waals surface area contributed by atoms with Crippen molar-refractivity contribution in [3.8, 4) is 0 Å². The second-order valence-electron chi connectivity index (χ2n) is 8.87. The molecule has 2 saturated heterocycles. The smallest absolute Gasteiger partial charge is 0.337 e. The second-order valence-corrected chi connectivity index (χ2v) is 8.87. The van der Waals surface area contributed by atoms with E-state index in [-0.39, 0.29) is 30.6 Å². The maximum Gasteiger partial charge on any atom is 0.337 e. The summed E-state index contributed by atoms with van der Waals surface area (Å²) in [6.45, 7) is 4.27. The summed E-state index contributed by atoms with van der Waals surface area (Å²) in [6, 6.07) is 0.895. The van der Waals surface area contributed by atoms with Crippen LogP contribution in [0.4, 0.5) is 0 Å². The predicted octanol–water partition coefficient (Wildman–Crippen LogP) is 1.86. The normalized spacial score (nSPS) is 38.6. The van der Waals surface area contributed by atoms with Gasteiger partial charge in [0.15, 0.2) is 0 Å². The van der Waals surface area contributed by atoms with Crippen LogP contribution in [-0.4, -0.2) is 79.2 Å². The van der Waals surface area contributed by atoms with Crippen LogP contribution in [0.5, 0.6) is 0 Å². The molecule has 3 fully saturated rings. The third-order valence-corrected chi connectivity index (χ3v) is 7.62. The zero-order chi connectivity index (χ0) is 21.0. The lowest BCUT2D eigenvalue weighted by Gasteiger charge is -2.44. The molecule has 29 heavy (non-hydrogen) atoms. The number of hydrogen-bond acceptors (Lipinski definition) is 7. The van der Waals surface area contributed by atoms with Gasteiger partial charge in [-0.15, -0.1) is 0 Å². The van der Waals surface area contributed by atoms with Gasteiger partial charge in [0.2, 0.25) is 0 Å². The highest BCUT2D eigenvalue weighted by atomic mass is 16.5. The van der Waals surface area contributed by atoms with E-state index in [1.54, 1.807) is 7.11 Å². The summed E-state index contributed by atoms with van der Waals surface area (Å²) < 4.78 is 10.6. The van der Waals surface area contributed by atoms with Crippen molar-refractivity contribution < 1.29 is 24.5 Å². The molecule has 1 aliphatic carbocycles. The van der Waals surface area contributed by atoms with Gasteiger partial charge in [-0.2, -0.15) is 0 Å². The van der Waals surface area contributed by atoms with Gasteiger partial charge in [0, 0.05) is 50.8 Å². The van der Waals surface area contributed by atoms with E-state index < -0.39 is 5.97 Å². The first kappa shape index (κ1) is 22.5. The minimum Gasteiger partial charge on any atom is -0.515 e. The first-order valence-corrected chi connectivity index (χ1v) is 11.1. The van der Waals surface area contributed by atoms with Gasteiger partial charge < -0.3 is 25.0 Å². The van der Waals surface area contributed by atoms with Crippen LogP contribution in [-0.2, 0) is 14.3 Å². The Morgan fingerprint density at radius 2 is 2.03 bits per heavy atom. The van der Waals surface area contributed by atoms with Crippen molar-refractivity contribution in [3.63, 3.8) is 0 Å². The molecule has 0 spiro atoms. The standard InChI is InChI=1S/C22H38N2O5/c1-4-14-11-24-9-8-19(20(24)10-15(14)16(12-25)22(27)29-3)23-18-6-5-7-21(28-2)17(18)13-26/h12,14-15,17-21,23,25-26H,4-11,13H2,1-3H3/b16-12+/t14-,15+,17?,18?,19+,20?,21?/m1/s1. The molecule has 0 bridgehead atoms. The third kappa shape index (κ3) is 4.63. The number of piperidine rings is 1. The Morgan fingerprint density at radius 3 is 2.66 bits per heavy atom. The van der Waals surface area contributed by atoms with Gasteiger partial charge in [0.25, 0.3) is 0 Å². The molecule has 0 radical (unpaired) electrons. The molecular weight excluding hydrogens is 372 g/mol. The number of aliphatic hydroxyl groups is 2. The molecule has 2 heterocycles. The fourth-order valence-electron chi connectivity index (χ4n) is 5.99. The highest BCUT2D eigenvalue weighted by Crippen LogP contribution is 2.40. The number of methoxy groups -OCH3 is 2. The lowest BCUT2D eigenvalue weighted by atomic mass is 9.75. The van der Waals surface area contributed by atoms with Crippen molar-refractivity contribution in [3.05, 3.63) is 11.8 Å². The highest BCUT2D eigenvalue weighted by Gasteiger charge is 2.46. The number of nitrogens with one attached hydrogen (secondary N) is 1. The van der Waals surface area contributed by atoms with E-state index in [1.165, 1.54) is 7.11 Å². The average Bonchev–Trinajstić information content (AvgIpc) is 3.14. The highest BCUT2D eigenvalue weighted by molar-refractivity contribution is 5.88. The molecule has 2 aliphatic heterocycles. The van der Waals surface area contributed by atoms with Crippen molar-refractivity contribution in [2.45, 2.75) is 69.7 Å². The van der Waals surface area contributed by atoms with Crippen molar-refractivity contribution in [2.24, 2.45) is 17.8 Å². The molecule has 3 N–H and O–H groups in total. The zero-order valence-electron chi connectivity index (χ0n) is 18.0. The van der Waals surface area contributed by atoms with Gasteiger partial charge in [0.05, 0.1) is 25.0 Å². The van der Waals surface area contributed by atoms with E-state index in [0.29, 0.717) is 23.6 Å². The fraction of sp³-hybridized carbons (Fsp3) is 0.864. The Kier molecular flexibility index (Phi) is 7.96. The molecule has 0 amide bonds. The lowest BCUT2D eigenvalue weighted by molar-refractivity contribution is -0.137. The second kappa shape index (κ2) is 10.2. The number of fused-ring (bicyclic) bond motifs is 1. The summed E-state index contributed by atoms with van der Waals surface area (Å²) in [7, 11) is 3.10. The number of carbonyl (C=O) groups excluding carboxylic acids is 1. The Labute approximate surface area is 174 Å². The predicted molar refractivity (Wildman–Crippen MR) is 111 cm³/mol. The molecule has 7 heteroatoms. The molecular formula is C22H38N2O5. The van der Waals surface area contributed by atoms with Gasteiger partial charge in [-0.1, -0.05) is 13.3 Å². The van der Waals surface area contributed by atoms with Crippen molar-refractivity contribution in [2.75, 3.05) is 33.9 Å². The summed E-state index contributed by atoms with van der Waals surface area (Å²) in [5, 5.41) is 23.6. The number of rotatable bonds is 7. The van der Waals surface area contributed by atoms with E-state index in [0.717, 1.165) is 57.9 Å². The summed E-state index contributed by atoms with van der Waals surface area (Å²) >= 11 is 0. The van der Waals surface area contributed by atoms with Crippen LogP contribution < -0.4 is 5.32 Å². The van der Waals surface area contributed by atoms with Crippen molar-refractivity contribution in [1.29, 1.82) is 0 Å².